The van der Waals surface area contributed by atoms with Crippen LogP contribution in [0.3, 0.4) is 0 Å². The zero-order chi connectivity index (χ0) is 23.7. The summed E-state index contributed by atoms with van der Waals surface area (Å²) in [5.74, 6) is 0.857. The second kappa shape index (κ2) is 8.99. The van der Waals surface area contributed by atoms with Crippen molar-refractivity contribution in [2.45, 2.75) is 10.8 Å². The van der Waals surface area contributed by atoms with Gasteiger partial charge in [0.25, 0.3) is 0 Å². The van der Waals surface area contributed by atoms with Crippen LogP contribution in [-0.2, 0) is 5.75 Å². The van der Waals surface area contributed by atoms with E-state index < -0.39 is 17.1 Å². The van der Waals surface area contributed by atoms with Crippen LogP contribution in [0.25, 0.3) is 21.9 Å². The van der Waals surface area contributed by atoms with Crippen LogP contribution in [0.4, 0.5) is 4.39 Å². The summed E-state index contributed by atoms with van der Waals surface area (Å²) in [6, 6.07) is 15.2. The zero-order valence-electron chi connectivity index (χ0n) is 17.9. The average molecular weight is 476 g/mol. The molecule has 0 atom stereocenters. The number of aromatic nitrogens is 4. The molecule has 5 aromatic rings. The lowest BCUT2D eigenvalue weighted by Gasteiger charge is -2.09. The first kappa shape index (κ1) is 21.7. The highest BCUT2D eigenvalue weighted by atomic mass is 32.2. The molecular weight excluding hydrogens is 457 g/mol. The molecule has 170 valence electrons. The lowest BCUT2D eigenvalue weighted by atomic mass is 10.1. The Kier molecular flexibility index (Phi) is 5.72. The summed E-state index contributed by atoms with van der Waals surface area (Å²) in [4.78, 5) is 35.4. The third-order valence-electron chi connectivity index (χ3n) is 5.23. The quantitative estimate of drug-likeness (QED) is 0.286. The Hall–Kier alpha value is -4.18. The molecule has 10 heteroatoms. The van der Waals surface area contributed by atoms with E-state index in [9.17, 15) is 14.0 Å². The first-order chi connectivity index (χ1) is 16.5. The fourth-order valence-electron chi connectivity index (χ4n) is 3.62. The smallest absolute Gasteiger partial charge is 0.350 e. The largest absolute Gasteiger partial charge is 0.496 e. The van der Waals surface area contributed by atoms with E-state index in [0.29, 0.717) is 28.0 Å². The van der Waals surface area contributed by atoms with Crippen LogP contribution < -0.4 is 16.0 Å². The van der Waals surface area contributed by atoms with E-state index >= 15 is 0 Å². The summed E-state index contributed by atoms with van der Waals surface area (Å²) in [5.41, 5.74) is 1.16. The standard InChI is InChI=1S/C24H18FN5O3S/c1-33-19-8-5-14(10-15(19)13-34-20-4-2-3-9-26-20)12-27-30-23(31)22-21(29-24(30)32)17-11-16(25)6-7-18(17)28-22/h2-12,28H,13H2,1H3,(H,29,32)/b27-12+. The average Bonchev–Trinajstić information content (AvgIpc) is 3.21. The number of thioether (sulfide) groups is 1. The Balaban J connectivity index is 1.49. The fraction of sp³-hybridized carbons (Fsp3) is 0.0833. The molecule has 0 fully saturated rings. The number of nitrogens with one attached hydrogen (secondary N) is 2. The molecule has 0 aliphatic heterocycles. The maximum Gasteiger partial charge on any atom is 0.350 e. The third-order valence-corrected chi connectivity index (χ3v) is 6.22. The molecule has 3 aromatic heterocycles. The number of hydrogen-bond donors (Lipinski definition) is 2. The lowest BCUT2D eigenvalue weighted by Crippen LogP contribution is -2.32. The first-order valence-corrected chi connectivity index (χ1v) is 11.2. The van der Waals surface area contributed by atoms with E-state index in [1.54, 1.807) is 37.2 Å². The number of nitrogens with zero attached hydrogens (tertiary/aromatic N) is 3. The molecule has 5 rings (SSSR count). The van der Waals surface area contributed by atoms with Gasteiger partial charge in [-0.1, -0.05) is 6.07 Å². The van der Waals surface area contributed by atoms with Crippen molar-refractivity contribution in [2.24, 2.45) is 5.10 Å². The molecule has 8 nitrogen and oxygen atoms in total. The van der Waals surface area contributed by atoms with Gasteiger partial charge in [-0.15, -0.1) is 16.4 Å². The lowest BCUT2D eigenvalue weighted by molar-refractivity contribution is 0.411. The predicted molar refractivity (Wildman–Crippen MR) is 130 cm³/mol. The van der Waals surface area contributed by atoms with Gasteiger partial charge < -0.3 is 14.7 Å². The van der Waals surface area contributed by atoms with E-state index in [2.05, 4.69) is 20.1 Å². The second-order valence-electron chi connectivity index (χ2n) is 7.38. The van der Waals surface area contributed by atoms with E-state index in [4.69, 9.17) is 4.74 Å². The Morgan fingerprint density at radius 2 is 2.00 bits per heavy atom. The Bertz CT molecular complexity index is 1660. The Morgan fingerprint density at radius 3 is 2.79 bits per heavy atom. The number of fused-ring (bicyclic) bond motifs is 3. The van der Waals surface area contributed by atoms with Crippen molar-refractivity contribution in [3.8, 4) is 5.75 Å². The van der Waals surface area contributed by atoms with Crippen LogP contribution in [0.2, 0.25) is 0 Å². The minimum Gasteiger partial charge on any atom is -0.496 e. The van der Waals surface area contributed by atoms with Crippen molar-refractivity contribution >= 4 is 39.9 Å². The van der Waals surface area contributed by atoms with Crippen molar-refractivity contribution in [1.82, 2.24) is 19.6 Å². The van der Waals surface area contributed by atoms with Crippen LogP contribution >= 0.6 is 11.8 Å². The molecular formula is C24H18FN5O3S. The summed E-state index contributed by atoms with van der Waals surface area (Å²) < 4.78 is 19.8. The minimum absolute atomic E-state index is 0.138. The highest BCUT2D eigenvalue weighted by Crippen LogP contribution is 2.27. The number of ether oxygens (including phenoxy) is 1. The minimum atomic E-state index is -0.724. The fourth-order valence-corrected chi connectivity index (χ4v) is 4.46. The van der Waals surface area contributed by atoms with Gasteiger partial charge in [-0.05, 0) is 54.1 Å². The Morgan fingerprint density at radius 1 is 1.12 bits per heavy atom. The van der Waals surface area contributed by atoms with E-state index in [-0.39, 0.29) is 11.0 Å². The number of aromatic amines is 2. The van der Waals surface area contributed by atoms with Crippen LogP contribution in [-0.4, -0.2) is 33.0 Å². The van der Waals surface area contributed by atoms with Gasteiger partial charge in [-0.25, -0.2) is 14.2 Å². The Labute approximate surface area is 196 Å². The molecule has 3 heterocycles. The SMILES string of the molecule is COc1ccc(/C=N/n2c(=O)[nH]c3c([nH]c4ccc(F)cc43)c2=O)cc1CSc1ccccn1. The number of halogens is 1. The van der Waals surface area contributed by atoms with Gasteiger partial charge in [-0.3, -0.25) is 4.79 Å². The molecule has 2 aromatic carbocycles. The molecule has 0 radical (unpaired) electrons. The first-order valence-electron chi connectivity index (χ1n) is 10.2. The zero-order valence-corrected chi connectivity index (χ0v) is 18.7. The van der Waals surface area contributed by atoms with E-state index in [1.165, 1.54) is 24.4 Å². The number of benzene rings is 2. The molecule has 0 unspecified atom stereocenters. The number of methoxy groups -OCH3 is 1. The number of H-pyrrole nitrogens is 2. The van der Waals surface area contributed by atoms with Crippen LogP contribution in [0.15, 0.2) is 80.5 Å². The molecule has 34 heavy (non-hydrogen) atoms. The highest BCUT2D eigenvalue weighted by molar-refractivity contribution is 7.98. The van der Waals surface area contributed by atoms with Crippen molar-refractivity contribution in [2.75, 3.05) is 7.11 Å². The summed E-state index contributed by atoms with van der Waals surface area (Å²) in [6.07, 6.45) is 3.16. The normalized spacial score (nSPS) is 11.6. The molecule has 0 aliphatic carbocycles. The van der Waals surface area contributed by atoms with Crippen LogP contribution in [0.1, 0.15) is 11.1 Å². The molecule has 0 aliphatic rings. The molecule has 0 spiro atoms. The molecule has 2 N–H and O–H groups in total. The van der Waals surface area contributed by atoms with Gasteiger partial charge in [0.1, 0.15) is 17.1 Å². The van der Waals surface area contributed by atoms with Gasteiger partial charge in [0, 0.05) is 28.4 Å². The second-order valence-corrected chi connectivity index (χ2v) is 8.38. The summed E-state index contributed by atoms with van der Waals surface area (Å²) in [7, 11) is 1.60. The maximum atomic E-state index is 13.6. The monoisotopic (exact) mass is 475 g/mol. The van der Waals surface area contributed by atoms with Gasteiger partial charge >= 0.3 is 11.2 Å². The highest BCUT2D eigenvalue weighted by Gasteiger charge is 2.13. The molecule has 0 saturated heterocycles. The molecule has 0 bridgehead atoms. The topological polar surface area (TPSA) is 105 Å². The van der Waals surface area contributed by atoms with E-state index in [1.807, 2.05) is 24.3 Å². The number of pyridine rings is 1. The van der Waals surface area contributed by atoms with Crippen molar-refractivity contribution < 1.29 is 9.13 Å². The predicted octanol–water partition coefficient (Wildman–Crippen LogP) is 3.89. The van der Waals surface area contributed by atoms with Gasteiger partial charge in [0.15, 0.2) is 0 Å². The number of hydrogen-bond acceptors (Lipinski definition) is 6. The van der Waals surface area contributed by atoms with Crippen molar-refractivity contribution in [3.63, 3.8) is 0 Å². The molecule has 0 saturated carbocycles. The van der Waals surface area contributed by atoms with Gasteiger partial charge in [-0.2, -0.15) is 5.10 Å². The maximum absolute atomic E-state index is 13.6. The van der Waals surface area contributed by atoms with Crippen molar-refractivity contribution in [3.05, 3.63) is 98.6 Å². The number of rotatable bonds is 6. The van der Waals surface area contributed by atoms with E-state index in [0.717, 1.165) is 15.3 Å². The molecule has 0 amide bonds. The summed E-state index contributed by atoms with van der Waals surface area (Å²) in [6.45, 7) is 0. The summed E-state index contributed by atoms with van der Waals surface area (Å²) >= 11 is 1.56. The van der Waals surface area contributed by atoms with Crippen LogP contribution in [0.5, 0.6) is 5.75 Å². The summed E-state index contributed by atoms with van der Waals surface area (Å²) in [5, 5.41) is 5.41. The van der Waals surface area contributed by atoms with Crippen LogP contribution in [0, 0.1) is 5.82 Å². The third kappa shape index (κ3) is 4.11. The van der Waals surface area contributed by atoms with Crippen molar-refractivity contribution in [1.29, 1.82) is 0 Å². The van der Waals surface area contributed by atoms with Gasteiger partial charge in [0.2, 0.25) is 0 Å². The van der Waals surface area contributed by atoms with Gasteiger partial charge in [0.05, 0.1) is 23.9 Å².